The lowest BCUT2D eigenvalue weighted by Gasteiger charge is -2.53. The van der Waals surface area contributed by atoms with Crippen molar-refractivity contribution < 1.29 is 18.3 Å². The molecule has 2 fully saturated rings. The van der Waals surface area contributed by atoms with Gasteiger partial charge in [-0.3, -0.25) is 0 Å². The van der Waals surface area contributed by atoms with Crippen LogP contribution in [-0.2, 0) is 4.74 Å². The molecular formula is C19H24BrF2NO2. The van der Waals surface area contributed by atoms with Crippen LogP contribution in [0.2, 0.25) is 0 Å². The summed E-state index contributed by atoms with van der Waals surface area (Å²) in [4.78, 5) is 13.8. The summed E-state index contributed by atoms with van der Waals surface area (Å²) < 4.78 is 33.5. The number of ether oxygens (including phenoxy) is 1. The van der Waals surface area contributed by atoms with Gasteiger partial charge in [-0.15, -0.1) is 0 Å². The Labute approximate surface area is 155 Å². The average Bonchev–Trinajstić information content (AvgIpc) is 2.47. The number of hydrogen-bond acceptors (Lipinski definition) is 2. The highest BCUT2D eigenvalue weighted by atomic mass is 79.9. The fraction of sp³-hybridized carbons (Fsp3) is 0.632. The van der Waals surface area contributed by atoms with Gasteiger partial charge in [-0.2, -0.15) is 0 Å². The minimum Gasteiger partial charge on any atom is -0.444 e. The molecule has 1 heterocycles. The predicted molar refractivity (Wildman–Crippen MR) is 95.5 cm³/mol. The van der Waals surface area contributed by atoms with Gasteiger partial charge in [0.05, 0.1) is 4.47 Å². The fourth-order valence-corrected chi connectivity index (χ4v) is 4.40. The molecule has 0 radical (unpaired) electrons. The summed E-state index contributed by atoms with van der Waals surface area (Å²) in [6.07, 6.45) is 3.21. The Balaban J connectivity index is 1.58. The largest absolute Gasteiger partial charge is 0.444 e. The van der Waals surface area contributed by atoms with Gasteiger partial charge in [-0.25, -0.2) is 13.6 Å². The number of amides is 1. The molecule has 1 amide bonds. The lowest BCUT2D eigenvalue weighted by molar-refractivity contribution is -0.0507. The zero-order valence-electron chi connectivity index (χ0n) is 14.9. The van der Waals surface area contributed by atoms with E-state index in [0.717, 1.165) is 31.7 Å². The number of halogens is 3. The highest BCUT2D eigenvalue weighted by Gasteiger charge is 2.48. The van der Waals surface area contributed by atoms with E-state index in [1.165, 1.54) is 6.07 Å². The molecule has 3 rings (SSSR count). The minimum absolute atomic E-state index is 0.0354. The summed E-state index contributed by atoms with van der Waals surface area (Å²) in [5, 5.41) is 0. The molecule has 0 aromatic heterocycles. The molecule has 2 aliphatic rings. The Morgan fingerprint density at radius 2 is 1.84 bits per heavy atom. The Morgan fingerprint density at radius 3 is 2.40 bits per heavy atom. The number of carbonyl (C=O) groups is 1. The van der Waals surface area contributed by atoms with E-state index < -0.39 is 11.4 Å². The number of likely N-dealkylation sites (tertiary alicyclic amines) is 1. The van der Waals surface area contributed by atoms with Gasteiger partial charge in [0.25, 0.3) is 0 Å². The van der Waals surface area contributed by atoms with Crippen molar-refractivity contribution in [3.63, 3.8) is 0 Å². The van der Waals surface area contributed by atoms with E-state index in [4.69, 9.17) is 4.74 Å². The smallest absolute Gasteiger partial charge is 0.410 e. The van der Waals surface area contributed by atoms with Crippen molar-refractivity contribution in [2.45, 2.75) is 58.0 Å². The van der Waals surface area contributed by atoms with Gasteiger partial charge >= 0.3 is 6.09 Å². The van der Waals surface area contributed by atoms with Crippen LogP contribution in [0.4, 0.5) is 13.6 Å². The third kappa shape index (κ3) is 3.99. The van der Waals surface area contributed by atoms with E-state index in [1.807, 2.05) is 20.8 Å². The molecule has 1 saturated heterocycles. The molecule has 0 atom stereocenters. The maximum absolute atomic E-state index is 14.3. The van der Waals surface area contributed by atoms with E-state index >= 15 is 0 Å². The van der Waals surface area contributed by atoms with Crippen LogP contribution >= 0.6 is 15.9 Å². The summed E-state index contributed by atoms with van der Waals surface area (Å²) in [7, 11) is 0. The highest BCUT2D eigenvalue weighted by molar-refractivity contribution is 9.10. The SMILES string of the molecule is CC(C)(C)OC(=O)N1CC2(CCC(c3cc(F)cc(Br)c3F)CC2)C1. The topological polar surface area (TPSA) is 29.5 Å². The first kappa shape index (κ1) is 18.6. The first-order valence-corrected chi connectivity index (χ1v) is 9.50. The standard InChI is InChI=1S/C19H24BrF2NO2/c1-18(2,3)25-17(24)23-10-19(11-23)6-4-12(5-7-19)14-8-13(21)9-15(20)16(14)22/h8-9,12H,4-7,10-11H2,1-3H3. The number of benzene rings is 1. The van der Waals surface area contributed by atoms with E-state index in [2.05, 4.69) is 15.9 Å². The monoisotopic (exact) mass is 415 g/mol. The van der Waals surface area contributed by atoms with Crippen LogP contribution in [0, 0.1) is 17.0 Å². The maximum Gasteiger partial charge on any atom is 0.410 e. The number of nitrogens with zero attached hydrogens (tertiary/aromatic N) is 1. The summed E-state index contributed by atoms with van der Waals surface area (Å²) in [5.74, 6) is -0.733. The second-order valence-electron chi connectivity index (χ2n) is 8.40. The van der Waals surface area contributed by atoms with E-state index in [0.29, 0.717) is 18.7 Å². The van der Waals surface area contributed by atoms with Gasteiger partial charge in [-0.05, 0) is 86.0 Å². The Kier molecular flexibility index (Phi) is 4.86. The maximum atomic E-state index is 14.3. The van der Waals surface area contributed by atoms with E-state index in [1.54, 1.807) is 4.90 Å². The Bertz CT molecular complexity index is 671. The predicted octanol–water partition coefficient (Wildman–Crippen LogP) is 5.62. The molecular weight excluding hydrogens is 392 g/mol. The van der Waals surface area contributed by atoms with Crippen molar-refractivity contribution in [1.82, 2.24) is 4.90 Å². The molecule has 1 saturated carbocycles. The molecule has 3 nitrogen and oxygen atoms in total. The molecule has 1 aromatic carbocycles. The second-order valence-corrected chi connectivity index (χ2v) is 9.26. The van der Waals surface area contributed by atoms with Gasteiger partial charge in [0.1, 0.15) is 17.2 Å². The van der Waals surface area contributed by atoms with Crippen LogP contribution < -0.4 is 0 Å². The summed E-state index contributed by atoms with van der Waals surface area (Å²) >= 11 is 3.09. The van der Waals surface area contributed by atoms with Crippen LogP contribution in [-0.4, -0.2) is 29.7 Å². The fourth-order valence-electron chi connectivity index (χ4n) is 3.95. The quantitative estimate of drug-likeness (QED) is 0.556. The van der Waals surface area contributed by atoms with Crippen molar-refractivity contribution in [3.8, 4) is 0 Å². The molecule has 0 unspecified atom stereocenters. The summed E-state index contributed by atoms with van der Waals surface area (Å²) in [6, 6.07) is 2.48. The van der Waals surface area contributed by atoms with Crippen molar-refractivity contribution >= 4 is 22.0 Å². The molecule has 1 aromatic rings. The van der Waals surface area contributed by atoms with Gasteiger partial charge in [0.15, 0.2) is 0 Å². The summed E-state index contributed by atoms with van der Waals surface area (Å²) in [6.45, 7) is 6.97. The zero-order valence-corrected chi connectivity index (χ0v) is 16.5. The van der Waals surface area contributed by atoms with Crippen molar-refractivity contribution in [2.75, 3.05) is 13.1 Å². The first-order chi connectivity index (χ1) is 11.6. The number of hydrogen-bond donors (Lipinski definition) is 0. The molecule has 1 spiro atoms. The van der Waals surface area contributed by atoms with Gasteiger partial charge < -0.3 is 9.64 Å². The van der Waals surface area contributed by atoms with Crippen LogP contribution in [0.1, 0.15) is 57.9 Å². The van der Waals surface area contributed by atoms with E-state index in [-0.39, 0.29) is 27.7 Å². The first-order valence-electron chi connectivity index (χ1n) is 8.71. The normalized spacial score (nSPS) is 20.5. The molecule has 1 aliphatic heterocycles. The van der Waals surface area contributed by atoms with Crippen LogP contribution in [0.3, 0.4) is 0 Å². The van der Waals surface area contributed by atoms with Gasteiger partial charge in [0, 0.05) is 18.5 Å². The Hall–Kier alpha value is -1.17. The number of rotatable bonds is 1. The van der Waals surface area contributed by atoms with Gasteiger partial charge in [-0.1, -0.05) is 0 Å². The molecule has 6 heteroatoms. The van der Waals surface area contributed by atoms with Crippen LogP contribution in [0.15, 0.2) is 16.6 Å². The van der Waals surface area contributed by atoms with Crippen molar-refractivity contribution in [2.24, 2.45) is 5.41 Å². The lowest BCUT2D eigenvalue weighted by Crippen LogP contribution is -2.60. The lowest BCUT2D eigenvalue weighted by atomic mass is 9.65. The van der Waals surface area contributed by atoms with Crippen molar-refractivity contribution in [3.05, 3.63) is 33.8 Å². The summed E-state index contributed by atoms with van der Waals surface area (Å²) in [5.41, 5.74) is 0.0962. The average molecular weight is 416 g/mol. The molecule has 0 N–H and O–H groups in total. The number of carbonyl (C=O) groups excluding carboxylic acids is 1. The van der Waals surface area contributed by atoms with Gasteiger partial charge in [0.2, 0.25) is 0 Å². The Morgan fingerprint density at radius 1 is 1.24 bits per heavy atom. The molecule has 1 aliphatic carbocycles. The highest BCUT2D eigenvalue weighted by Crippen LogP contribution is 2.49. The molecule has 0 bridgehead atoms. The zero-order chi connectivity index (χ0) is 18.4. The van der Waals surface area contributed by atoms with Crippen LogP contribution in [0.25, 0.3) is 0 Å². The second kappa shape index (κ2) is 6.53. The molecule has 25 heavy (non-hydrogen) atoms. The van der Waals surface area contributed by atoms with Crippen LogP contribution in [0.5, 0.6) is 0 Å². The minimum atomic E-state index is -0.486. The third-order valence-corrected chi connectivity index (χ3v) is 5.79. The van der Waals surface area contributed by atoms with E-state index in [9.17, 15) is 13.6 Å². The van der Waals surface area contributed by atoms with Crippen molar-refractivity contribution in [1.29, 1.82) is 0 Å². The third-order valence-electron chi connectivity index (χ3n) is 5.21. The molecule has 138 valence electrons.